The standard InChI is InChI=1S/C12H8F2N2O2S2/c1-7-4-10(14)11(5-9(7)13)16-20(17,18)12-3-2-8(6-15)19-12/h2-5,16H,1H3. The van der Waals surface area contributed by atoms with E-state index in [1.807, 2.05) is 4.72 Å². The summed E-state index contributed by atoms with van der Waals surface area (Å²) in [5, 5.41) is 8.65. The second-order valence-electron chi connectivity index (χ2n) is 3.92. The van der Waals surface area contributed by atoms with Gasteiger partial charge in [0.1, 0.15) is 26.8 Å². The second-order valence-corrected chi connectivity index (χ2v) is 6.91. The summed E-state index contributed by atoms with van der Waals surface area (Å²) < 4.78 is 52.7. The molecule has 0 atom stereocenters. The van der Waals surface area contributed by atoms with E-state index in [2.05, 4.69) is 0 Å². The molecule has 4 nitrogen and oxygen atoms in total. The van der Waals surface area contributed by atoms with Crippen molar-refractivity contribution in [1.82, 2.24) is 0 Å². The van der Waals surface area contributed by atoms with Gasteiger partial charge in [0.15, 0.2) is 0 Å². The zero-order chi connectivity index (χ0) is 14.9. The first-order valence-electron chi connectivity index (χ1n) is 5.32. The Kier molecular flexibility index (Phi) is 3.74. The highest BCUT2D eigenvalue weighted by Gasteiger charge is 2.19. The number of sulfonamides is 1. The fourth-order valence-electron chi connectivity index (χ4n) is 1.44. The van der Waals surface area contributed by atoms with Gasteiger partial charge in [0.25, 0.3) is 10.0 Å². The molecule has 104 valence electrons. The van der Waals surface area contributed by atoms with Crippen LogP contribution in [0.2, 0.25) is 0 Å². The molecule has 0 amide bonds. The van der Waals surface area contributed by atoms with Crippen LogP contribution in [0.1, 0.15) is 10.4 Å². The molecule has 0 saturated heterocycles. The SMILES string of the molecule is Cc1cc(F)c(NS(=O)(=O)c2ccc(C#N)s2)cc1F. The molecule has 0 radical (unpaired) electrons. The third kappa shape index (κ3) is 2.79. The summed E-state index contributed by atoms with van der Waals surface area (Å²) in [7, 11) is -4.04. The number of nitriles is 1. The van der Waals surface area contributed by atoms with Crippen molar-refractivity contribution >= 4 is 27.0 Å². The van der Waals surface area contributed by atoms with Gasteiger partial charge in [-0.25, -0.2) is 17.2 Å². The highest BCUT2D eigenvalue weighted by Crippen LogP contribution is 2.26. The van der Waals surface area contributed by atoms with Crippen molar-refractivity contribution in [1.29, 1.82) is 5.26 Å². The number of halogens is 2. The highest BCUT2D eigenvalue weighted by molar-refractivity contribution is 7.94. The molecule has 1 N–H and O–H groups in total. The number of thiophene rings is 1. The van der Waals surface area contributed by atoms with Crippen molar-refractivity contribution in [2.24, 2.45) is 0 Å². The van der Waals surface area contributed by atoms with Gasteiger partial charge in [0, 0.05) is 6.07 Å². The Morgan fingerprint density at radius 3 is 2.55 bits per heavy atom. The van der Waals surface area contributed by atoms with Crippen molar-refractivity contribution in [2.75, 3.05) is 4.72 Å². The zero-order valence-electron chi connectivity index (χ0n) is 10.1. The number of nitrogens with zero attached hydrogens (tertiary/aromatic N) is 1. The Morgan fingerprint density at radius 2 is 1.95 bits per heavy atom. The zero-order valence-corrected chi connectivity index (χ0v) is 11.8. The van der Waals surface area contributed by atoms with E-state index in [-0.39, 0.29) is 14.6 Å². The number of hydrogen-bond donors (Lipinski definition) is 1. The molecule has 0 spiro atoms. The minimum absolute atomic E-state index is 0.0772. The lowest BCUT2D eigenvalue weighted by Crippen LogP contribution is -2.13. The molecule has 0 aliphatic rings. The molecule has 0 aliphatic heterocycles. The maximum Gasteiger partial charge on any atom is 0.271 e. The third-order valence-corrected chi connectivity index (χ3v) is 5.30. The van der Waals surface area contributed by atoms with Gasteiger partial charge in [-0.2, -0.15) is 5.26 Å². The van der Waals surface area contributed by atoms with Gasteiger partial charge in [-0.3, -0.25) is 4.72 Å². The van der Waals surface area contributed by atoms with Crippen LogP contribution in [-0.4, -0.2) is 8.42 Å². The summed E-state index contributed by atoms with van der Waals surface area (Å²) in [6.07, 6.45) is 0. The third-order valence-electron chi connectivity index (χ3n) is 2.45. The summed E-state index contributed by atoms with van der Waals surface area (Å²) >= 11 is 0.744. The lowest BCUT2D eigenvalue weighted by Gasteiger charge is -2.08. The molecule has 2 aromatic rings. The van der Waals surface area contributed by atoms with Gasteiger partial charge in [-0.05, 0) is 30.7 Å². The topological polar surface area (TPSA) is 70.0 Å². The van der Waals surface area contributed by atoms with E-state index in [9.17, 15) is 17.2 Å². The van der Waals surface area contributed by atoms with Gasteiger partial charge in [0.05, 0.1) is 5.69 Å². The fraction of sp³-hybridized carbons (Fsp3) is 0.0833. The van der Waals surface area contributed by atoms with Crippen LogP contribution in [0.3, 0.4) is 0 Å². The van der Waals surface area contributed by atoms with E-state index >= 15 is 0 Å². The van der Waals surface area contributed by atoms with Crippen LogP contribution in [0.5, 0.6) is 0 Å². The molecule has 1 aromatic heterocycles. The van der Waals surface area contributed by atoms with Gasteiger partial charge in [-0.15, -0.1) is 11.3 Å². The maximum atomic E-state index is 13.6. The minimum Gasteiger partial charge on any atom is -0.276 e. The summed E-state index contributed by atoms with van der Waals surface area (Å²) in [4.78, 5) is 0.209. The van der Waals surface area contributed by atoms with Gasteiger partial charge >= 0.3 is 0 Å². The number of anilines is 1. The van der Waals surface area contributed by atoms with Crippen molar-refractivity contribution in [3.8, 4) is 6.07 Å². The Labute approximate surface area is 118 Å². The summed E-state index contributed by atoms with van der Waals surface area (Å²) in [5.41, 5.74) is -0.395. The molecular weight excluding hydrogens is 306 g/mol. The highest BCUT2D eigenvalue weighted by atomic mass is 32.2. The normalized spacial score (nSPS) is 11.1. The average molecular weight is 314 g/mol. The summed E-state index contributed by atoms with van der Waals surface area (Å²) in [5.74, 6) is -1.59. The predicted molar refractivity (Wildman–Crippen MR) is 70.9 cm³/mol. The van der Waals surface area contributed by atoms with Gasteiger partial charge < -0.3 is 0 Å². The van der Waals surface area contributed by atoms with E-state index in [0.717, 1.165) is 23.5 Å². The van der Waals surface area contributed by atoms with E-state index in [0.29, 0.717) is 0 Å². The van der Waals surface area contributed by atoms with Crippen molar-refractivity contribution in [2.45, 2.75) is 11.1 Å². The number of hydrogen-bond acceptors (Lipinski definition) is 4. The van der Waals surface area contributed by atoms with Crippen molar-refractivity contribution < 1.29 is 17.2 Å². The fourth-order valence-corrected chi connectivity index (χ4v) is 3.61. The molecule has 8 heteroatoms. The van der Waals surface area contributed by atoms with Gasteiger partial charge in [-0.1, -0.05) is 0 Å². The first-order chi connectivity index (χ1) is 9.33. The molecule has 2 rings (SSSR count). The quantitative estimate of drug-likeness (QED) is 0.946. The van der Waals surface area contributed by atoms with Crippen LogP contribution in [0, 0.1) is 29.9 Å². The molecule has 0 saturated carbocycles. The molecule has 1 heterocycles. The lowest BCUT2D eigenvalue weighted by molar-refractivity contribution is 0.591. The molecule has 0 bridgehead atoms. The first kappa shape index (κ1) is 14.4. The molecular formula is C12H8F2N2O2S2. The Hall–Kier alpha value is -1.98. The van der Waals surface area contributed by atoms with Gasteiger partial charge in [0.2, 0.25) is 0 Å². The van der Waals surface area contributed by atoms with E-state index in [1.54, 1.807) is 6.07 Å². The summed E-state index contributed by atoms with van der Waals surface area (Å²) in [6, 6.07) is 6.06. The molecule has 0 fully saturated rings. The second kappa shape index (κ2) is 5.19. The smallest absolute Gasteiger partial charge is 0.271 e. The number of aryl methyl sites for hydroxylation is 1. The summed E-state index contributed by atoms with van der Waals surface area (Å²) in [6.45, 7) is 1.37. The van der Waals surface area contributed by atoms with Crippen LogP contribution in [-0.2, 0) is 10.0 Å². The molecule has 20 heavy (non-hydrogen) atoms. The number of rotatable bonds is 3. The minimum atomic E-state index is -4.04. The van der Waals surface area contributed by atoms with E-state index < -0.39 is 27.3 Å². The Bertz CT molecular complexity index is 807. The molecule has 1 aromatic carbocycles. The van der Waals surface area contributed by atoms with E-state index in [4.69, 9.17) is 5.26 Å². The monoisotopic (exact) mass is 314 g/mol. The maximum absolute atomic E-state index is 13.6. The lowest BCUT2D eigenvalue weighted by atomic mass is 10.2. The largest absolute Gasteiger partial charge is 0.276 e. The Morgan fingerprint density at radius 1 is 1.25 bits per heavy atom. The van der Waals surface area contributed by atoms with Crippen LogP contribution in [0.4, 0.5) is 14.5 Å². The first-order valence-corrected chi connectivity index (χ1v) is 7.62. The molecule has 0 unspecified atom stereocenters. The van der Waals surface area contributed by atoms with Crippen LogP contribution in [0.15, 0.2) is 28.5 Å². The average Bonchev–Trinajstić information content (AvgIpc) is 2.85. The number of nitrogens with one attached hydrogen (secondary N) is 1. The Balaban J connectivity index is 2.38. The van der Waals surface area contributed by atoms with Crippen LogP contribution < -0.4 is 4.72 Å². The van der Waals surface area contributed by atoms with Crippen molar-refractivity contribution in [3.05, 3.63) is 46.3 Å². The molecule has 0 aliphatic carbocycles. The van der Waals surface area contributed by atoms with Crippen LogP contribution in [0.25, 0.3) is 0 Å². The van der Waals surface area contributed by atoms with Crippen molar-refractivity contribution in [3.63, 3.8) is 0 Å². The van der Waals surface area contributed by atoms with E-state index in [1.165, 1.54) is 19.1 Å². The number of benzene rings is 1. The predicted octanol–water partition coefficient (Wildman–Crippen LogP) is 3.01. The van der Waals surface area contributed by atoms with Crippen LogP contribution >= 0.6 is 11.3 Å².